The Kier molecular flexibility index (Phi) is 37.2. The van der Waals surface area contributed by atoms with Gasteiger partial charge in [0, 0.05) is 19.4 Å². The molecule has 2 atom stereocenters. The lowest BCUT2D eigenvalue weighted by Gasteiger charge is -2.19. The first kappa shape index (κ1) is 50.0. The standard InChI is InChI=1S/C42H76NO8P/c1-3-5-7-9-11-13-15-17-19-20-21-23-24-26-28-30-32-34-41(44)48-38-40(39-50-52(46,47)49-37-36-43)51-42(45)35-33-31-29-27-25-22-18-16-14-12-10-8-6-4-2/h10-13,16-19,40H,3-9,14-15,20-39,43H2,1-2H3,(H,46,47)/b12-10-,13-11-,18-16-,19-17-/t40-/m1/s1. The summed E-state index contributed by atoms with van der Waals surface area (Å²) in [6.45, 7) is 3.63. The molecule has 3 N–H and O–H groups in total. The molecular formula is C42H76NO8P. The molecule has 0 saturated carbocycles. The van der Waals surface area contributed by atoms with Gasteiger partial charge in [0.25, 0.3) is 0 Å². The molecule has 0 fully saturated rings. The molecule has 52 heavy (non-hydrogen) atoms. The number of carbonyl (C=O) groups is 2. The lowest BCUT2D eigenvalue weighted by Crippen LogP contribution is -2.29. The Morgan fingerprint density at radius 3 is 1.52 bits per heavy atom. The minimum Gasteiger partial charge on any atom is -0.462 e. The zero-order valence-corrected chi connectivity index (χ0v) is 33.9. The van der Waals surface area contributed by atoms with E-state index < -0.39 is 32.5 Å². The molecule has 0 aromatic heterocycles. The van der Waals surface area contributed by atoms with Crippen LogP contribution in [-0.4, -0.2) is 49.3 Å². The van der Waals surface area contributed by atoms with Crippen molar-refractivity contribution in [3.8, 4) is 0 Å². The molecule has 10 heteroatoms. The molecule has 0 radical (unpaired) electrons. The van der Waals surface area contributed by atoms with Crippen molar-refractivity contribution < 1.29 is 37.6 Å². The van der Waals surface area contributed by atoms with Crippen LogP contribution in [0.4, 0.5) is 0 Å². The number of esters is 2. The highest BCUT2D eigenvalue weighted by atomic mass is 31.2. The fourth-order valence-corrected chi connectivity index (χ4v) is 6.09. The highest BCUT2D eigenvalue weighted by Crippen LogP contribution is 2.43. The van der Waals surface area contributed by atoms with Crippen molar-refractivity contribution in [3.05, 3.63) is 48.6 Å². The molecule has 0 saturated heterocycles. The van der Waals surface area contributed by atoms with Gasteiger partial charge in [-0.25, -0.2) is 4.57 Å². The van der Waals surface area contributed by atoms with Crippen molar-refractivity contribution in [1.82, 2.24) is 0 Å². The molecule has 0 spiro atoms. The van der Waals surface area contributed by atoms with Crippen LogP contribution in [0.3, 0.4) is 0 Å². The Hall–Kier alpha value is -2.03. The number of carbonyl (C=O) groups excluding carboxylic acids is 2. The third kappa shape index (κ3) is 37.7. The Balaban J connectivity index is 4.21. The first-order valence-corrected chi connectivity index (χ1v) is 22.1. The van der Waals surface area contributed by atoms with Crippen LogP contribution in [0.5, 0.6) is 0 Å². The Morgan fingerprint density at radius 2 is 1.02 bits per heavy atom. The summed E-state index contributed by atoms with van der Waals surface area (Å²) in [5.74, 6) is -0.856. The van der Waals surface area contributed by atoms with E-state index in [1.807, 2.05) is 0 Å². The third-order valence-electron chi connectivity index (χ3n) is 8.44. The fourth-order valence-electron chi connectivity index (χ4n) is 5.33. The van der Waals surface area contributed by atoms with E-state index in [1.54, 1.807) is 0 Å². The highest BCUT2D eigenvalue weighted by molar-refractivity contribution is 7.47. The SMILES string of the molecule is CCCC/C=C\C/C=C\CCCCCCCC(=O)O[C@H](COC(=O)CCCCCCCCC/C=C\C/C=C\CCCCC)COP(=O)(O)OCCN. The second kappa shape index (κ2) is 38.7. The van der Waals surface area contributed by atoms with Crippen molar-refractivity contribution in [2.75, 3.05) is 26.4 Å². The summed E-state index contributed by atoms with van der Waals surface area (Å²) in [5, 5.41) is 0. The molecule has 0 aliphatic carbocycles. The maximum atomic E-state index is 12.5. The smallest absolute Gasteiger partial charge is 0.462 e. The molecule has 0 aliphatic rings. The summed E-state index contributed by atoms with van der Waals surface area (Å²) < 4.78 is 32.7. The van der Waals surface area contributed by atoms with Crippen LogP contribution >= 0.6 is 7.82 Å². The summed E-state index contributed by atoms with van der Waals surface area (Å²) in [7, 11) is -4.38. The van der Waals surface area contributed by atoms with Gasteiger partial charge in [-0.1, -0.05) is 140 Å². The molecule has 0 aromatic rings. The van der Waals surface area contributed by atoms with Crippen molar-refractivity contribution >= 4 is 19.8 Å². The lowest BCUT2D eigenvalue weighted by atomic mass is 10.1. The van der Waals surface area contributed by atoms with Crippen LogP contribution in [0, 0.1) is 0 Å². The summed E-state index contributed by atoms with van der Waals surface area (Å²) >= 11 is 0. The lowest BCUT2D eigenvalue weighted by molar-refractivity contribution is -0.161. The van der Waals surface area contributed by atoms with Gasteiger partial charge in [0.05, 0.1) is 13.2 Å². The maximum Gasteiger partial charge on any atom is 0.472 e. The van der Waals surface area contributed by atoms with E-state index in [9.17, 15) is 19.0 Å². The average molecular weight is 754 g/mol. The van der Waals surface area contributed by atoms with E-state index >= 15 is 0 Å². The predicted molar refractivity (Wildman–Crippen MR) is 215 cm³/mol. The minimum absolute atomic E-state index is 0.0482. The van der Waals surface area contributed by atoms with E-state index in [2.05, 4.69) is 62.5 Å². The van der Waals surface area contributed by atoms with Crippen LogP contribution in [0.15, 0.2) is 48.6 Å². The van der Waals surface area contributed by atoms with Gasteiger partial charge in [-0.2, -0.15) is 0 Å². The van der Waals surface area contributed by atoms with E-state index in [0.29, 0.717) is 6.42 Å². The number of hydrogen-bond donors (Lipinski definition) is 2. The van der Waals surface area contributed by atoms with Gasteiger partial charge in [0.15, 0.2) is 6.10 Å². The molecule has 0 aliphatic heterocycles. The highest BCUT2D eigenvalue weighted by Gasteiger charge is 2.25. The number of ether oxygens (including phenoxy) is 2. The quantitative estimate of drug-likeness (QED) is 0.0273. The molecule has 0 bridgehead atoms. The molecule has 0 amide bonds. The molecular weight excluding hydrogens is 677 g/mol. The molecule has 0 aromatic carbocycles. The Labute approximate surface area is 317 Å². The molecule has 302 valence electrons. The molecule has 1 unspecified atom stereocenters. The number of rotatable bonds is 38. The van der Waals surface area contributed by atoms with E-state index in [0.717, 1.165) is 83.5 Å². The van der Waals surface area contributed by atoms with Gasteiger partial charge in [-0.15, -0.1) is 0 Å². The van der Waals surface area contributed by atoms with Crippen LogP contribution in [0.2, 0.25) is 0 Å². The predicted octanol–water partition coefficient (Wildman–Crippen LogP) is 11.6. The van der Waals surface area contributed by atoms with Gasteiger partial charge >= 0.3 is 19.8 Å². The molecule has 9 nitrogen and oxygen atoms in total. The topological polar surface area (TPSA) is 134 Å². The van der Waals surface area contributed by atoms with Crippen molar-refractivity contribution in [3.63, 3.8) is 0 Å². The Bertz CT molecular complexity index is 996. The second-order valence-electron chi connectivity index (χ2n) is 13.5. The van der Waals surface area contributed by atoms with Crippen LogP contribution in [0.25, 0.3) is 0 Å². The monoisotopic (exact) mass is 754 g/mol. The van der Waals surface area contributed by atoms with Gasteiger partial charge in [0.2, 0.25) is 0 Å². The van der Waals surface area contributed by atoms with Crippen LogP contribution in [-0.2, 0) is 32.7 Å². The van der Waals surface area contributed by atoms with Crippen molar-refractivity contribution in [2.24, 2.45) is 5.73 Å². The maximum absolute atomic E-state index is 12.5. The summed E-state index contributed by atoms with van der Waals surface area (Å²) in [6, 6.07) is 0. The number of nitrogens with two attached hydrogens (primary N) is 1. The van der Waals surface area contributed by atoms with E-state index in [1.165, 1.54) is 57.8 Å². The number of phosphoric ester groups is 1. The molecule has 0 rings (SSSR count). The van der Waals surface area contributed by atoms with E-state index in [-0.39, 0.29) is 32.6 Å². The largest absolute Gasteiger partial charge is 0.472 e. The number of hydrogen-bond acceptors (Lipinski definition) is 8. The minimum atomic E-state index is -4.38. The second-order valence-corrected chi connectivity index (χ2v) is 14.9. The van der Waals surface area contributed by atoms with Gasteiger partial charge < -0.3 is 20.1 Å². The van der Waals surface area contributed by atoms with Crippen molar-refractivity contribution in [2.45, 2.75) is 180 Å². The summed E-state index contributed by atoms with van der Waals surface area (Å²) in [6.07, 6.45) is 42.8. The van der Waals surface area contributed by atoms with Crippen LogP contribution < -0.4 is 5.73 Å². The summed E-state index contributed by atoms with van der Waals surface area (Å²) in [4.78, 5) is 34.8. The van der Waals surface area contributed by atoms with Gasteiger partial charge in [-0.05, 0) is 70.6 Å². The fraction of sp³-hybridized carbons (Fsp3) is 0.762. The van der Waals surface area contributed by atoms with E-state index in [4.69, 9.17) is 24.3 Å². The zero-order valence-electron chi connectivity index (χ0n) is 33.0. The van der Waals surface area contributed by atoms with Gasteiger partial charge in [0.1, 0.15) is 6.61 Å². The van der Waals surface area contributed by atoms with Gasteiger partial charge in [-0.3, -0.25) is 18.6 Å². The number of phosphoric acid groups is 1. The first-order chi connectivity index (χ1) is 25.3. The number of unbranched alkanes of at least 4 members (excludes halogenated alkanes) is 17. The first-order valence-electron chi connectivity index (χ1n) is 20.6. The normalized spacial score (nSPS) is 13.8. The third-order valence-corrected chi connectivity index (χ3v) is 9.42. The average Bonchev–Trinajstić information content (AvgIpc) is 3.13. The number of allylic oxidation sites excluding steroid dienone is 8. The Morgan fingerprint density at radius 1 is 0.577 bits per heavy atom. The molecule has 0 heterocycles. The zero-order chi connectivity index (χ0) is 38.2. The van der Waals surface area contributed by atoms with Crippen molar-refractivity contribution in [1.29, 1.82) is 0 Å². The van der Waals surface area contributed by atoms with Crippen LogP contribution in [0.1, 0.15) is 174 Å². The summed E-state index contributed by atoms with van der Waals surface area (Å²) in [5.41, 5.74) is 5.34.